The Morgan fingerprint density at radius 1 is 1.10 bits per heavy atom. The van der Waals surface area contributed by atoms with E-state index in [0.717, 1.165) is 32.2 Å². The largest absolute Gasteiger partial charge is 0.353 e. The Kier molecular flexibility index (Phi) is 3.56. The molecule has 1 N–H and O–H groups in total. The van der Waals surface area contributed by atoms with E-state index in [9.17, 15) is 8.78 Å². The van der Waals surface area contributed by atoms with Crippen molar-refractivity contribution in [3.05, 3.63) is 42.2 Å². The minimum absolute atomic E-state index is 0.260. The molecule has 0 bridgehead atoms. The second-order valence-corrected chi connectivity index (χ2v) is 4.62. The molecule has 1 aliphatic heterocycles. The Labute approximate surface area is 115 Å². The molecule has 0 atom stereocenters. The van der Waals surface area contributed by atoms with Crippen LogP contribution in [0.4, 0.5) is 14.6 Å². The van der Waals surface area contributed by atoms with Crippen LogP contribution in [-0.4, -0.2) is 36.1 Å². The van der Waals surface area contributed by atoms with Crippen molar-refractivity contribution < 1.29 is 8.78 Å². The van der Waals surface area contributed by atoms with Crippen LogP contribution < -0.4 is 10.2 Å². The number of rotatable bonds is 2. The van der Waals surface area contributed by atoms with Gasteiger partial charge in [-0.15, -0.1) is 0 Å². The monoisotopic (exact) mass is 276 g/mol. The summed E-state index contributed by atoms with van der Waals surface area (Å²) < 4.78 is 26.7. The summed E-state index contributed by atoms with van der Waals surface area (Å²) in [5.74, 6) is -0.512. The molecule has 0 unspecified atom stereocenters. The fourth-order valence-corrected chi connectivity index (χ4v) is 2.23. The molecule has 20 heavy (non-hydrogen) atoms. The third kappa shape index (κ3) is 2.60. The van der Waals surface area contributed by atoms with Crippen LogP contribution >= 0.6 is 0 Å². The van der Waals surface area contributed by atoms with Crippen molar-refractivity contribution in [3.8, 4) is 11.3 Å². The van der Waals surface area contributed by atoms with Crippen molar-refractivity contribution in [2.24, 2.45) is 0 Å². The van der Waals surface area contributed by atoms with Crippen LogP contribution in [0.25, 0.3) is 11.3 Å². The van der Waals surface area contributed by atoms with E-state index in [1.54, 1.807) is 6.20 Å². The lowest BCUT2D eigenvalue weighted by molar-refractivity contribution is 0.582. The average molecular weight is 276 g/mol. The van der Waals surface area contributed by atoms with Gasteiger partial charge in [-0.1, -0.05) is 0 Å². The third-order valence-electron chi connectivity index (χ3n) is 3.27. The van der Waals surface area contributed by atoms with Gasteiger partial charge in [0, 0.05) is 37.8 Å². The van der Waals surface area contributed by atoms with Gasteiger partial charge in [0.15, 0.2) is 0 Å². The van der Waals surface area contributed by atoms with Crippen LogP contribution in [0.3, 0.4) is 0 Å². The summed E-state index contributed by atoms with van der Waals surface area (Å²) in [5.41, 5.74) is 0.675. The van der Waals surface area contributed by atoms with E-state index in [1.807, 2.05) is 0 Å². The first-order chi connectivity index (χ1) is 9.74. The van der Waals surface area contributed by atoms with Crippen LogP contribution in [0, 0.1) is 11.6 Å². The molecule has 0 aliphatic carbocycles. The topological polar surface area (TPSA) is 41.1 Å². The molecular formula is C14H14F2N4. The maximum absolute atomic E-state index is 13.8. The maximum atomic E-state index is 13.8. The SMILES string of the molecule is Fc1ccc(-c2cncc(N3CCNCC3)n2)c(F)c1. The predicted octanol–water partition coefficient (Wildman–Crippen LogP) is 1.83. The number of nitrogens with zero attached hydrogens (tertiary/aromatic N) is 3. The van der Waals surface area contributed by atoms with Gasteiger partial charge in [0.25, 0.3) is 0 Å². The maximum Gasteiger partial charge on any atom is 0.147 e. The fraction of sp³-hybridized carbons (Fsp3) is 0.286. The Bertz CT molecular complexity index is 612. The first-order valence-electron chi connectivity index (χ1n) is 6.47. The summed E-state index contributed by atoms with van der Waals surface area (Å²) in [6.45, 7) is 3.45. The molecular weight excluding hydrogens is 262 g/mol. The Balaban J connectivity index is 1.94. The lowest BCUT2D eigenvalue weighted by Crippen LogP contribution is -2.43. The van der Waals surface area contributed by atoms with Gasteiger partial charge in [-0.05, 0) is 12.1 Å². The Morgan fingerprint density at radius 3 is 2.65 bits per heavy atom. The van der Waals surface area contributed by atoms with Crippen LogP contribution in [0.2, 0.25) is 0 Å². The molecule has 3 rings (SSSR count). The van der Waals surface area contributed by atoms with E-state index in [0.29, 0.717) is 11.5 Å². The molecule has 0 spiro atoms. The Morgan fingerprint density at radius 2 is 1.90 bits per heavy atom. The van der Waals surface area contributed by atoms with Gasteiger partial charge in [-0.2, -0.15) is 0 Å². The van der Waals surface area contributed by atoms with E-state index >= 15 is 0 Å². The van der Waals surface area contributed by atoms with Gasteiger partial charge in [-0.25, -0.2) is 13.8 Å². The molecule has 6 heteroatoms. The summed E-state index contributed by atoms with van der Waals surface area (Å²) in [4.78, 5) is 10.6. The highest BCUT2D eigenvalue weighted by atomic mass is 19.1. The van der Waals surface area contributed by atoms with Crippen LogP contribution in [-0.2, 0) is 0 Å². The van der Waals surface area contributed by atoms with Gasteiger partial charge in [-0.3, -0.25) is 4.98 Å². The number of benzene rings is 1. The van der Waals surface area contributed by atoms with Crippen LogP contribution in [0.1, 0.15) is 0 Å². The molecule has 1 aromatic heterocycles. The first-order valence-corrected chi connectivity index (χ1v) is 6.47. The molecule has 4 nitrogen and oxygen atoms in total. The van der Waals surface area contributed by atoms with E-state index in [1.165, 1.54) is 18.3 Å². The lowest BCUT2D eigenvalue weighted by Gasteiger charge is -2.28. The lowest BCUT2D eigenvalue weighted by atomic mass is 10.1. The van der Waals surface area contributed by atoms with Crippen molar-refractivity contribution in [3.63, 3.8) is 0 Å². The van der Waals surface area contributed by atoms with Gasteiger partial charge in [0.2, 0.25) is 0 Å². The van der Waals surface area contributed by atoms with Crippen molar-refractivity contribution in [2.45, 2.75) is 0 Å². The minimum Gasteiger partial charge on any atom is -0.353 e. The van der Waals surface area contributed by atoms with Crippen molar-refractivity contribution in [2.75, 3.05) is 31.1 Å². The zero-order valence-corrected chi connectivity index (χ0v) is 10.8. The summed E-state index contributed by atoms with van der Waals surface area (Å²) in [6, 6.07) is 3.46. The number of hydrogen-bond acceptors (Lipinski definition) is 4. The second kappa shape index (κ2) is 5.50. The molecule has 0 amide bonds. The molecule has 2 heterocycles. The highest BCUT2D eigenvalue weighted by molar-refractivity contribution is 5.61. The van der Waals surface area contributed by atoms with Crippen molar-refractivity contribution >= 4 is 5.82 Å². The predicted molar refractivity (Wildman–Crippen MR) is 72.5 cm³/mol. The quantitative estimate of drug-likeness (QED) is 0.908. The normalized spacial score (nSPS) is 15.4. The van der Waals surface area contributed by atoms with Crippen molar-refractivity contribution in [1.29, 1.82) is 0 Å². The van der Waals surface area contributed by atoms with Gasteiger partial charge in [0.05, 0.1) is 18.1 Å². The third-order valence-corrected chi connectivity index (χ3v) is 3.27. The zero-order valence-electron chi connectivity index (χ0n) is 10.8. The number of piperazine rings is 1. The summed E-state index contributed by atoms with van der Waals surface area (Å²) >= 11 is 0. The minimum atomic E-state index is -0.628. The number of nitrogens with one attached hydrogen (secondary N) is 1. The van der Waals surface area contributed by atoms with Crippen LogP contribution in [0.15, 0.2) is 30.6 Å². The van der Waals surface area contributed by atoms with Gasteiger partial charge >= 0.3 is 0 Å². The van der Waals surface area contributed by atoms with E-state index < -0.39 is 11.6 Å². The molecule has 1 fully saturated rings. The summed E-state index contributed by atoms with van der Waals surface area (Å²) in [5, 5.41) is 3.25. The molecule has 1 aromatic carbocycles. The molecule has 1 aliphatic rings. The smallest absolute Gasteiger partial charge is 0.147 e. The number of anilines is 1. The fourth-order valence-electron chi connectivity index (χ4n) is 2.23. The van der Waals surface area contributed by atoms with Crippen molar-refractivity contribution in [1.82, 2.24) is 15.3 Å². The van der Waals surface area contributed by atoms with E-state index in [-0.39, 0.29) is 5.56 Å². The highest BCUT2D eigenvalue weighted by Crippen LogP contribution is 2.23. The van der Waals surface area contributed by atoms with Gasteiger partial charge in [0.1, 0.15) is 17.5 Å². The first kappa shape index (κ1) is 12.9. The number of halogens is 2. The molecule has 1 saturated heterocycles. The summed E-state index contributed by atoms with van der Waals surface area (Å²) in [7, 11) is 0. The Hall–Kier alpha value is -2.08. The van der Waals surface area contributed by atoms with Gasteiger partial charge < -0.3 is 10.2 Å². The van der Waals surface area contributed by atoms with E-state index in [2.05, 4.69) is 20.2 Å². The van der Waals surface area contributed by atoms with Crippen LogP contribution in [0.5, 0.6) is 0 Å². The standard InChI is InChI=1S/C14H14F2N4/c15-10-1-2-11(12(16)7-10)13-8-18-9-14(19-13)20-5-3-17-4-6-20/h1-2,7-9,17H,3-6H2. The summed E-state index contributed by atoms with van der Waals surface area (Å²) in [6.07, 6.45) is 3.15. The highest BCUT2D eigenvalue weighted by Gasteiger charge is 2.14. The zero-order chi connectivity index (χ0) is 13.9. The second-order valence-electron chi connectivity index (χ2n) is 4.62. The molecule has 104 valence electrons. The molecule has 2 aromatic rings. The molecule has 0 radical (unpaired) electrons. The number of aromatic nitrogens is 2. The average Bonchev–Trinajstić information content (AvgIpc) is 2.48. The van der Waals surface area contributed by atoms with E-state index in [4.69, 9.17) is 0 Å². The molecule has 0 saturated carbocycles. The number of hydrogen-bond donors (Lipinski definition) is 1.